The highest BCUT2D eigenvalue weighted by Crippen LogP contribution is 2.66. The summed E-state index contributed by atoms with van der Waals surface area (Å²) in [6, 6.07) is 0. The molecule has 0 saturated heterocycles. The minimum Gasteiger partial charge on any atom is -0.461 e. The van der Waals surface area contributed by atoms with Crippen LogP contribution in [-0.2, 0) is 9.53 Å². The molecule has 3 fully saturated rings. The Morgan fingerprint density at radius 3 is 2.58 bits per heavy atom. The van der Waals surface area contributed by atoms with Crippen LogP contribution in [0.2, 0.25) is 0 Å². The van der Waals surface area contributed by atoms with Gasteiger partial charge in [0.1, 0.15) is 11.5 Å². The average molecular weight is 477 g/mol. The number of allylic oxidation sites excluding steroid dienone is 1. The fourth-order valence-corrected chi connectivity index (χ4v) is 8.79. The highest BCUT2D eigenvalue weighted by atomic mass is 35.5. The third-order valence-electron chi connectivity index (χ3n) is 10.8. The first-order valence-electron chi connectivity index (χ1n) is 14.3. The van der Waals surface area contributed by atoms with Crippen molar-refractivity contribution in [1.29, 1.82) is 0 Å². The van der Waals surface area contributed by atoms with Crippen LogP contribution in [0, 0.1) is 34.5 Å². The standard InChI is InChI=1S/C30H49ClO2/c1-5-6-7-8-9-10-11-22-13-15-26-25-14-12-23-20-24(33-28(32)21(2)31)16-18-30(23,4)27(25)17-19-29(22,26)3/h12,21-22,24-27H,5-11,13-20H2,1-4H3/t21-,22+,24-,25-,26+,27+,29+,30-/m0/s1. The summed E-state index contributed by atoms with van der Waals surface area (Å²) >= 11 is 5.95. The maximum absolute atomic E-state index is 12.0. The van der Waals surface area contributed by atoms with Gasteiger partial charge in [-0.25, -0.2) is 0 Å². The van der Waals surface area contributed by atoms with Crippen molar-refractivity contribution >= 4 is 17.6 Å². The van der Waals surface area contributed by atoms with Crippen molar-refractivity contribution in [3.05, 3.63) is 11.6 Å². The van der Waals surface area contributed by atoms with Crippen LogP contribution in [0.15, 0.2) is 11.6 Å². The van der Waals surface area contributed by atoms with E-state index in [0.717, 1.165) is 36.5 Å². The highest BCUT2D eigenvalue weighted by molar-refractivity contribution is 6.29. The van der Waals surface area contributed by atoms with Gasteiger partial charge in [0.25, 0.3) is 0 Å². The number of carbonyl (C=O) groups excluding carboxylic acids is 1. The Labute approximate surface area is 208 Å². The lowest BCUT2D eigenvalue weighted by Gasteiger charge is -2.58. The van der Waals surface area contributed by atoms with Gasteiger partial charge in [-0.05, 0) is 92.8 Å². The number of hydrogen-bond donors (Lipinski definition) is 0. The van der Waals surface area contributed by atoms with Gasteiger partial charge in [-0.15, -0.1) is 11.6 Å². The molecular weight excluding hydrogens is 428 g/mol. The summed E-state index contributed by atoms with van der Waals surface area (Å²) in [5, 5.41) is -0.550. The van der Waals surface area contributed by atoms with Gasteiger partial charge in [0.15, 0.2) is 0 Å². The number of halogens is 1. The third kappa shape index (κ3) is 5.07. The molecule has 0 heterocycles. The van der Waals surface area contributed by atoms with Crippen molar-refractivity contribution in [2.24, 2.45) is 34.5 Å². The van der Waals surface area contributed by atoms with E-state index in [1.807, 2.05) is 0 Å². The molecule has 0 unspecified atom stereocenters. The van der Waals surface area contributed by atoms with E-state index >= 15 is 0 Å². The zero-order chi connectivity index (χ0) is 23.6. The maximum Gasteiger partial charge on any atom is 0.324 e. The first-order chi connectivity index (χ1) is 15.8. The number of carbonyl (C=O) groups is 1. The minimum atomic E-state index is -0.550. The number of esters is 1. The second-order valence-electron chi connectivity index (χ2n) is 12.6. The number of fused-ring (bicyclic) bond motifs is 5. The Morgan fingerprint density at radius 1 is 1.06 bits per heavy atom. The molecule has 4 aliphatic carbocycles. The molecule has 188 valence electrons. The monoisotopic (exact) mass is 476 g/mol. The molecule has 8 atom stereocenters. The normalized spacial score (nSPS) is 40.9. The number of unbranched alkanes of at least 4 members (excludes halogenated alkanes) is 5. The van der Waals surface area contributed by atoms with Crippen LogP contribution in [0.3, 0.4) is 0 Å². The molecule has 0 aromatic rings. The van der Waals surface area contributed by atoms with E-state index in [1.165, 1.54) is 83.5 Å². The van der Waals surface area contributed by atoms with Gasteiger partial charge in [0.05, 0.1) is 0 Å². The topological polar surface area (TPSA) is 26.3 Å². The molecule has 2 nitrogen and oxygen atoms in total. The smallest absolute Gasteiger partial charge is 0.324 e. The van der Waals surface area contributed by atoms with E-state index in [0.29, 0.717) is 10.8 Å². The van der Waals surface area contributed by atoms with Crippen molar-refractivity contribution in [2.45, 2.75) is 135 Å². The van der Waals surface area contributed by atoms with Crippen molar-refractivity contribution in [2.75, 3.05) is 0 Å². The zero-order valence-electron chi connectivity index (χ0n) is 21.8. The van der Waals surface area contributed by atoms with E-state index < -0.39 is 5.38 Å². The Bertz CT molecular complexity index is 714. The van der Waals surface area contributed by atoms with Crippen LogP contribution in [0.5, 0.6) is 0 Å². The predicted octanol–water partition coefficient (Wildman–Crippen LogP) is 8.86. The first kappa shape index (κ1) is 25.6. The number of hydrogen-bond acceptors (Lipinski definition) is 2. The summed E-state index contributed by atoms with van der Waals surface area (Å²) in [6.07, 6.45) is 22.7. The molecule has 0 N–H and O–H groups in total. The Balaban J connectivity index is 1.38. The van der Waals surface area contributed by atoms with Gasteiger partial charge in [0, 0.05) is 6.42 Å². The molecular formula is C30H49ClO2. The van der Waals surface area contributed by atoms with Crippen LogP contribution in [0.4, 0.5) is 0 Å². The van der Waals surface area contributed by atoms with Crippen molar-refractivity contribution in [1.82, 2.24) is 0 Å². The summed E-state index contributed by atoms with van der Waals surface area (Å²) in [7, 11) is 0. The third-order valence-corrected chi connectivity index (χ3v) is 10.9. The van der Waals surface area contributed by atoms with Gasteiger partial charge in [-0.2, -0.15) is 0 Å². The molecule has 0 spiro atoms. The van der Waals surface area contributed by atoms with Crippen LogP contribution in [0.1, 0.15) is 124 Å². The molecule has 33 heavy (non-hydrogen) atoms. The van der Waals surface area contributed by atoms with Crippen LogP contribution in [0.25, 0.3) is 0 Å². The molecule has 0 radical (unpaired) electrons. The molecule has 4 aliphatic rings. The minimum absolute atomic E-state index is 0.0246. The van der Waals surface area contributed by atoms with E-state index in [1.54, 1.807) is 12.5 Å². The van der Waals surface area contributed by atoms with Gasteiger partial charge >= 0.3 is 5.97 Å². The lowest BCUT2D eigenvalue weighted by atomic mass is 9.47. The summed E-state index contributed by atoms with van der Waals surface area (Å²) in [4.78, 5) is 12.0. The summed E-state index contributed by atoms with van der Waals surface area (Å²) in [5.74, 6) is 3.32. The van der Waals surface area contributed by atoms with Crippen LogP contribution < -0.4 is 0 Å². The van der Waals surface area contributed by atoms with E-state index in [-0.39, 0.29) is 12.1 Å². The molecule has 0 amide bonds. The summed E-state index contributed by atoms with van der Waals surface area (Å²) < 4.78 is 5.74. The van der Waals surface area contributed by atoms with E-state index in [9.17, 15) is 4.79 Å². The lowest BCUT2D eigenvalue weighted by Crippen LogP contribution is -2.50. The van der Waals surface area contributed by atoms with Gasteiger partial charge < -0.3 is 4.74 Å². The molecule has 3 heteroatoms. The quantitative estimate of drug-likeness (QED) is 0.144. The summed E-state index contributed by atoms with van der Waals surface area (Å²) in [5.41, 5.74) is 2.48. The Hall–Kier alpha value is -0.500. The second-order valence-corrected chi connectivity index (χ2v) is 13.2. The predicted molar refractivity (Wildman–Crippen MR) is 138 cm³/mol. The Morgan fingerprint density at radius 2 is 1.82 bits per heavy atom. The molecule has 0 aromatic heterocycles. The average Bonchev–Trinajstić information content (AvgIpc) is 3.12. The highest BCUT2D eigenvalue weighted by Gasteiger charge is 2.58. The fraction of sp³-hybridized carbons (Fsp3) is 0.900. The number of rotatable bonds is 9. The molecule has 3 saturated carbocycles. The lowest BCUT2D eigenvalue weighted by molar-refractivity contribution is -0.150. The first-order valence-corrected chi connectivity index (χ1v) is 14.8. The fourth-order valence-electron chi connectivity index (χ4n) is 8.74. The van der Waals surface area contributed by atoms with Crippen molar-refractivity contribution < 1.29 is 9.53 Å². The second kappa shape index (κ2) is 10.6. The largest absolute Gasteiger partial charge is 0.461 e. The molecule has 0 aromatic carbocycles. The number of alkyl halides is 1. The van der Waals surface area contributed by atoms with E-state index in [4.69, 9.17) is 16.3 Å². The zero-order valence-corrected chi connectivity index (χ0v) is 22.6. The van der Waals surface area contributed by atoms with Crippen LogP contribution in [-0.4, -0.2) is 17.5 Å². The Kier molecular flexibility index (Phi) is 8.24. The molecule has 4 rings (SSSR count). The van der Waals surface area contributed by atoms with Crippen molar-refractivity contribution in [3.63, 3.8) is 0 Å². The molecule has 0 aliphatic heterocycles. The van der Waals surface area contributed by atoms with E-state index in [2.05, 4.69) is 26.8 Å². The summed E-state index contributed by atoms with van der Waals surface area (Å²) in [6.45, 7) is 9.24. The van der Waals surface area contributed by atoms with Crippen molar-refractivity contribution in [3.8, 4) is 0 Å². The number of ether oxygens (including phenoxy) is 1. The maximum atomic E-state index is 12.0. The molecule has 0 bridgehead atoms. The van der Waals surface area contributed by atoms with Gasteiger partial charge in [-0.1, -0.05) is 70.9 Å². The van der Waals surface area contributed by atoms with Gasteiger partial charge in [0.2, 0.25) is 0 Å². The van der Waals surface area contributed by atoms with Crippen LogP contribution >= 0.6 is 11.6 Å². The SMILES string of the molecule is CCCCCCCC[C@@H]1CC[C@@H]2[C@@H]3CC=C4C[C@@H](OC(=O)[C@H](C)Cl)CC[C@]4(C)[C@@H]3CC[C@]12C. The van der Waals surface area contributed by atoms with Gasteiger partial charge in [-0.3, -0.25) is 4.79 Å².